The number of methoxy groups -OCH3 is 1. The van der Waals surface area contributed by atoms with Crippen molar-refractivity contribution in [3.8, 4) is 5.75 Å². The molecule has 0 aliphatic carbocycles. The number of carbonyl (C=O) groups excluding carboxylic acids is 1. The van der Waals surface area contributed by atoms with E-state index in [1.54, 1.807) is 14.0 Å². The highest BCUT2D eigenvalue weighted by Crippen LogP contribution is 2.23. The van der Waals surface area contributed by atoms with Crippen molar-refractivity contribution in [3.63, 3.8) is 0 Å². The molecule has 0 saturated heterocycles. The van der Waals surface area contributed by atoms with Gasteiger partial charge in [0.15, 0.2) is 0 Å². The first-order valence-electron chi connectivity index (χ1n) is 6.91. The summed E-state index contributed by atoms with van der Waals surface area (Å²) in [6, 6.07) is 5.61. The molecule has 1 aromatic carbocycles. The fourth-order valence-electron chi connectivity index (χ4n) is 2.30. The average Bonchev–Trinajstić information content (AvgIpc) is 2.39. The molecular formula is C16H23NO4. The highest BCUT2D eigenvalue weighted by molar-refractivity contribution is 5.87. The number of likely N-dealkylation sites (N-methyl/N-ethyl adjacent to an activating group) is 1. The molecule has 0 aliphatic heterocycles. The average molecular weight is 293 g/mol. The zero-order valence-corrected chi connectivity index (χ0v) is 13.3. The molecule has 0 spiro atoms. The van der Waals surface area contributed by atoms with Crippen LogP contribution in [0.4, 0.5) is 0 Å². The lowest BCUT2D eigenvalue weighted by atomic mass is 10.0. The Morgan fingerprint density at radius 3 is 2.43 bits per heavy atom. The number of benzene rings is 1. The van der Waals surface area contributed by atoms with Gasteiger partial charge in [-0.25, -0.2) is 4.79 Å². The Kier molecular flexibility index (Phi) is 5.35. The van der Waals surface area contributed by atoms with E-state index < -0.39 is 11.5 Å². The van der Waals surface area contributed by atoms with Crippen molar-refractivity contribution in [2.24, 2.45) is 0 Å². The summed E-state index contributed by atoms with van der Waals surface area (Å²) in [5.74, 6) is -0.610. The first-order chi connectivity index (χ1) is 9.73. The smallest absolute Gasteiger partial charge is 0.329 e. The minimum Gasteiger partial charge on any atom is -0.496 e. The molecule has 1 amide bonds. The lowest BCUT2D eigenvalue weighted by Gasteiger charge is -2.34. The highest BCUT2D eigenvalue weighted by Gasteiger charge is 2.36. The number of aryl methyl sites for hydroxylation is 1. The Labute approximate surface area is 125 Å². The van der Waals surface area contributed by atoms with Gasteiger partial charge in [-0.2, -0.15) is 0 Å². The van der Waals surface area contributed by atoms with Gasteiger partial charge in [-0.05, 0) is 33.8 Å². The van der Waals surface area contributed by atoms with Gasteiger partial charge in [0.2, 0.25) is 5.91 Å². The van der Waals surface area contributed by atoms with Crippen LogP contribution in [0.15, 0.2) is 18.2 Å². The number of carboxylic acids is 1. The van der Waals surface area contributed by atoms with Gasteiger partial charge < -0.3 is 14.7 Å². The molecule has 1 aromatic rings. The summed E-state index contributed by atoms with van der Waals surface area (Å²) in [7, 11) is 1.55. The largest absolute Gasteiger partial charge is 0.496 e. The fourth-order valence-corrected chi connectivity index (χ4v) is 2.30. The molecule has 5 heteroatoms. The van der Waals surface area contributed by atoms with E-state index in [0.29, 0.717) is 12.3 Å². The Morgan fingerprint density at radius 2 is 1.95 bits per heavy atom. The normalized spacial score (nSPS) is 11.1. The third-order valence-electron chi connectivity index (χ3n) is 3.59. The van der Waals surface area contributed by atoms with Crippen LogP contribution in [-0.4, -0.2) is 41.1 Å². The predicted molar refractivity (Wildman–Crippen MR) is 80.5 cm³/mol. The molecule has 116 valence electrons. The molecule has 0 aromatic heterocycles. The van der Waals surface area contributed by atoms with Gasteiger partial charge in [0, 0.05) is 12.1 Å². The third-order valence-corrected chi connectivity index (χ3v) is 3.59. The highest BCUT2D eigenvalue weighted by atomic mass is 16.5. The van der Waals surface area contributed by atoms with E-state index in [1.165, 1.54) is 18.7 Å². The van der Waals surface area contributed by atoms with E-state index in [4.69, 9.17) is 4.74 Å². The minimum atomic E-state index is -1.23. The van der Waals surface area contributed by atoms with Gasteiger partial charge in [0.1, 0.15) is 11.3 Å². The van der Waals surface area contributed by atoms with Crippen LogP contribution < -0.4 is 4.74 Å². The maximum atomic E-state index is 12.5. The Morgan fingerprint density at radius 1 is 1.33 bits per heavy atom. The van der Waals surface area contributed by atoms with Crippen LogP contribution in [0.3, 0.4) is 0 Å². The number of aliphatic carboxylic acids is 1. The quantitative estimate of drug-likeness (QED) is 0.873. The maximum Gasteiger partial charge on any atom is 0.329 e. The molecule has 1 rings (SSSR count). The van der Waals surface area contributed by atoms with Crippen LogP contribution in [0.2, 0.25) is 0 Å². The lowest BCUT2D eigenvalue weighted by Crippen LogP contribution is -2.53. The van der Waals surface area contributed by atoms with Crippen LogP contribution in [0, 0.1) is 6.92 Å². The van der Waals surface area contributed by atoms with E-state index in [2.05, 4.69) is 0 Å². The van der Waals surface area contributed by atoms with Gasteiger partial charge in [-0.1, -0.05) is 17.7 Å². The molecule has 0 saturated carbocycles. The number of hydrogen-bond donors (Lipinski definition) is 1. The molecule has 0 aliphatic rings. The molecule has 0 bridgehead atoms. The topological polar surface area (TPSA) is 66.8 Å². The fraction of sp³-hybridized carbons (Fsp3) is 0.500. The molecule has 1 N–H and O–H groups in total. The molecule has 0 radical (unpaired) electrons. The predicted octanol–water partition coefficient (Wildman–Crippen LogP) is 2.26. The van der Waals surface area contributed by atoms with Crippen LogP contribution in [0.25, 0.3) is 0 Å². The van der Waals surface area contributed by atoms with Crippen molar-refractivity contribution in [3.05, 3.63) is 29.3 Å². The van der Waals surface area contributed by atoms with Crippen molar-refractivity contribution < 1.29 is 19.4 Å². The van der Waals surface area contributed by atoms with Crippen LogP contribution in [-0.2, 0) is 16.0 Å². The third kappa shape index (κ3) is 3.74. The Hall–Kier alpha value is -2.04. The number of nitrogens with zero attached hydrogens (tertiary/aromatic N) is 1. The zero-order valence-electron chi connectivity index (χ0n) is 13.3. The van der Waals surface area contributed by atoms with Crippen molar-refractivity contribution in [1.29, 1.82) is 0 Å². The Bertz CT molecular complexity index is 537. The molecular weight excluding hydrogens is 270 g/mol. The lowest BCUT2D eigenvalue weighted by molar-refractivity contribution is -0.156. The van der Waals surface area contributed by atoms with Gasteiger partial charge in [0.25, 0.3) is 0 Å². The van der Waals surface area contributed by atoms with Gasteiger partial charge in [0.05, 0.1) is 13.5 Å². The van der Waals surface area contributed by atoms with Crippen LogP contribution in [0.1, 0.15) is 31.9 Å². The van der Waals surface area contributed by atoms with E-state index in [1.807, 2.05) is 25.1 Å². The van der Waals surface area contributed by atoms with E-state index in [-0.39, 0.29) is 12.3 Å². The van der Waals surface area contributed by atoms with E-state index >= 15 is 0 Å². The van der Waals surface area contributed by atoms with E-state index in [9.17, 15) is 14.7 Å². The summed E-state index contributed by atoms with van der Waals surface area (Å²) in [5, 5.41) is 9.28. The van der Waals surface area contributed by atoms with Crippen molar-refractivity contribution >= 4 is 11.9 Å². The molecule has 21 heavy (non-hydrogen) atoms. The second-order valence-corrected chi connectivity index (χ2v) is 5.49. The number of rotatable bonds is 6. The van der Waals surface area contributed by atoms with Gasteiger partial charge in [-0.15, -0.1) is 0 Å². The van der Waals surface area contributed by atoms with Crippen molar-refractivity contribution in [2.45, 2.75) is 39.7 Å². The molecule has 0 fully saturated rings. The van der Waals surface area contributed by atoms with E-state index in [0.717, 1.165) is 11.1 Å². The SMILES string of the molecule is CCN(C(=O)Cc1cc(C)ccc1OC)C(C)(C)C(=O)O. The molecule has 0 heterocycles. The minimum absolute atomic E-state index is 0.120. The summed E-state index contributed by atoms with van der Waals surface area (Å²) >= 11 is 0. The maximum absolute atomic E-state index is 12.5. The molecule has 0 atom stereocenters. The summed E-state index contributed by atoms with van der Waals surface area (Å²) in [6.07, 6.45) is 0.120. The first kappa shape index (κ1) is 17.0. The standard InChI is InChI=1S/C16H23NO4/c1-6-17(16(3,4)15(19)20)14(18)10-12-9-11(2)7-8-13(12)21-5/h7-9H,6,10H2,1-5H3,(H,19,20). The number of ether oxygens (including phenoxy) is 1. The summed E-state index contributed by atoms with van der Waals surface area (Å²) in [6.45, 7) is 7.11. The number of amides is 1. The van der Waals surface area contributed by atoms with Crippen LogP contribution in [0.5, 0.6) is 5.75 Å². The monoisotopic (exact) mass is 293 g/mol. The summed E-state index contributed by atoms with van der Waals surface area (Å²) < 4.78 is 5.26. The van der Waals surface area contributed by atoms with Gasteiger partial charge in [-0.3, -0.25) is 4.79 Å². The Balaban J connectivity index is 3.04. The molecule has 5 nitrogen and oxygen atoms in total. The van der Waals surface area contributed by atoms with Crippen molar-refractivity contribution in [2.75, 3.05) is 13.7 Å². The molecule has 0 unspecified atom stereocenters. The van der Waals surface area contributed by atoms with Crippen molar-refractivity contribution in [1.82, 2.24) is 4.90 Å². The summed E-state index contributed by atoms with van der Waals surface area (Å²) in [4.78, 5) is 25.2. The number of carboxylic acid groups (broad SMARTS) is 1. The van der Waals surface area contributed by atoms with Gasteiger partial charge >= 0.3 is 5.97 Å². The first-order valence-corrected chi connectivity index (χ1v) is 6.91. The van der Waals surface area contributed by atoms with Crippen LogP contribution >= 0.6 is 0 Å². The zero-order chi connectivity index (χ0) is 16.2. The summed E-state index contributed by atoms with van der Waals surface area (Å²) in [5.41, 5.74) is 0.560. The number of carbonyl (C=O) groups is 2. The second kappa shape index (κ2) is 6.61. The number of hydrogen-bond acceptors (Lipinski definition) is 3. The second-order valence-electron chi connectivity index (χ2n) is 5.49.